The van der Waals surface area contributed by atoms with Crippen LogP contribution in [0, 0.1) is 5.41 Å². The summed E-state index contributed by atoms with van der Waals surface area (Å²) >= 11 is 0. The number of anilines is 1. The first-order chi connectivity index (χ1) is 7.38. The number of pyridine rings is 1. The second-order valence-corrected chi connectivity index (χ2v) is 4.80. The maximum Gasteiger partial charge on any atom is 0.0552 e. The SMILES string of the molecule is c1cncc(N2CCC3(CC2)CNC3)c1. The summed E-state index contributed by atoms with van der Waals surface area (Å²) in [6.07, 6.45) is 6.46. The van der Waals surface area contributed by atoms with E-state index in [2.05, 4.69) is 21.3 Å². The molecule has 80 valence electrons. The number of nitrogens with one attached hydrogen (secondary N) is 1. The van der Waals surface area contributed by atoms with Crippen molar-refractivity contribution in [2.45, 2.75) is 12.8 Å². The Kier molecular flexibility index (Phi) is 2.13. The van der Waals surface area contributed by atoms with Gasteiger partial charge in [-0.05, 0) is 30.4 Å². The molecule has 2 aliphatic heterocycles. The number of rotatable bonds is 1. The molecule has 3 rings (SSSR count). The van der Waals surface area contributed by atoms with Crippen LogP contribution in [-0.2, 0) is 0 Å². The zero-order valence-corrected chi connectivity index (χ0v) is 8.95. The van der Waals surface area contributed by atoms with E-state index in [1.54, 1.807) is 0 Å². The summed E-state index contributed by atoms with van der Waals surface area (Å²) in [6, 6.07) is 4.18. The van der Waals surface area contributed by atoms with Gasteiger partial charge in [-0.15, -0.1) is 0 Å². The first kappa shape index (κ1) is 9.16. The van der Waals surface area contributed by atoms with Gasteiger partial charge in [0.1, 0.15) is 0 Å². The minimum absolute atomic E-state index is 0.638. The average Bonchev–Trinajstić information content (AvgIpc) is 2.28. The van der Waals surface area contributed by atoms with Crippen LogP contribution in [0.15, 0.2) is 24.5 Å². The van der Waals surface area contributed by atoms with Crippen molar-refractivity contribution in [3.63, 3.8) is 0 Å². The summed E-state index contributed by atoms with van der Waals surface area (Å²) in [5.41, 5.74) is 1.92. The highest BCUT2D eigenvalue weighted by Gasteiger charge is 2.39. The van der Waals surface area contributed by atoms with Crippen molar-refractivity contribution in [3.8, 4) is 0 Å². The standard InChI is InChI=1S/C12H17N3/c1-2-11(8-13-5-1)15-6-3-12(4-7-15)9-14-10-12/h1-2,5,8,14H,3-4,6-7,9-10H2. The summed E-state index contributed by atoms with van der Waals surface area (Å²) in [5, 5.41) is 3.40. The topological polar surface area (TPSA) is 28.2 Å². The molecule has 0 aromatic carbocycles. The van der Waals surface area contributed by atoms with Crippen LogP contribution in [0.3, 0.4) is 0 Å². The third-order valence-corrected chi connectivity index (χ3v) is 3.84. The average molecular weight is 203 g/mol. The largest absolute Gasteiger partial charge is 0.370 e. The molecule has 3 heteroatoms. The lowest BCUT2D eigenvalue weighted by molar-refractivity contribution is 0.126. The molecule has 0 bridgehead atoms. The molecule has 0 unspecified atom stereocenters. The van der Waals surface area contributed by atoms with Gasteiger partial charge in [0.2, 0.25) is 0 Å². The first-order valence-electron chi connectivity index (χ1n) is 5.74. The molecular weight excluding hydrogens is 186 g/mol. The third kappa shape index (κ3) is 1.61. The molecule has 3 heterocycles. The Bertz CT molecular complexity index is 322. The normalized spacial score (nSPS) is 23.9. The van der Waals surface area contributed by atoms with Crippen molar-refractivity contribution in [1.82, 2.24) is 10.3 Å². The van der Waals surface area contributed by atoms with E-state index in [0.29, 0.717) is 5.41 Å². The molecule has 1 aromatic heterocycles. The number of nitrogens with zero attached hydrogens (tertiary/aromatic N) is 2. The molecule has 2 aliphatic rings. The van der Waals surface area contributed by atoms with E-state index in [4.69, 9.17) is 0 Å². The minimum atomic E-state index is 0.638. The van der Waals surface area contributed by atoms with E-state index in [-0.39, 0.29) is 0 Å². The second-order valence-electron chi connectivity index (χ2n) is 4.80. The smallest absolute Gasteiger partial charge is 0.0552 e. The van der Waals surface area contributed by atoms with E-state index in [1.807, 2.05) is 18.5 Å². The van der Waals surface area contributed by atoms with Crippen molar-refractivity contribution < 1.29 is 0 Å². The summed E-state index contributed by atoms with van der Waals surface area (Å²) in [4.78, 5) is 6.63. The molecule has 0 aliphatic carbocycles. The van der Waals surface area contributed by atoms with Gasteiger partial charge in [0.15, 0.2) is 0 Å². The Hall–Kier alpha value is -1.09. The minimum Gasteiger partial charge on any atom is -0.370 e. The molecule has 1 spiro atoms. The highest BCUT2D eigenvalue weighted by Crippen LogP contribution is 2.36. The van der Waals surface area contributed by atoms with Crippen LogP contribution in [-0.4, -0.2) is 31.2 Å². The number of aromatic nitrogens is 1. The number of hydrogen-bond donors (Lipinski definition) is 1. The number of hydrogen-bond acceptors (Lipinski definition) is 3. The van der Waals surface area contributed by atoms with Crippen LogP contribution < -0.4 is 10.2 Å². The Labute approximate surface area is 90.5 Å². The van der Waals surface area contributed by atoms with Crippen LogP contribution in [0.2, 0.25) is 0 Å². The molecule has 1 N–H and O–H groups in total. The van der Waals surface area contributed by atoms with Gasteiger partial charge in [0.05, 0.1) is 11.9 Å². The van der Waals surface area contributed by atoms with Crippen molar-refractivity contribution in [3.05, 3.63) is 24.5 Å². The fourth-order valence-electron chi connectivity index (χ4n) is 2.61. The Morgan fingerprint density at radius 2 is 2.07 bits per heavy atom. The molecular formula is C12H17N3. The van der Waals surface area contributed by atoms with E-state index in [1.165, 1.54) is 44.7 Å². The molecule has 0 amide bonds. The Morgan fingerprint density at radius 1 is 1.27 bits per heavy atom. The van der Waals surface area contributed by atoms with Gasteiger partial charge in [-0.2, -0.15) is 0 Å². The van der Waals surface area contributed by atoms with Crippen molar-refractivity contribution in [2.75, 3.05) is 31.1 Å². The monoisotopic (exact) mass is 203 g/mol. The van der Waals surface area contributed by atoms with E-state index in [9.17, 15) is 0 Å². The van der Waals surface area contributed by atoms with Crippen molar-refractivity contribution in [1.29, 1.82) is 0 Å². The quantitative estimate of drug-likeness (QED) is 0.745. The van der Waals surface area contributed by atoms with Crippen LogP contribution in [0.25, 0.3) is 0 Å². The summed E-state index contributed by atoms with van der Waals surface area (Å²) in [7, 11) is 0. The van der Waals surface area contributed by atoms with E-state index < -0.39 is 0 Å². The summed E-state index contributed by atoms with van der Waals surface area (Å²) in [5.74, 6) is 0. The van der Waals surface area contributed by atoms with Gasteiger partial charge >= 0.3 is 0 Å². The van der Waals surface area contributed by atoms with Crippen LogP contribution in [0.5, 0.6) is 0 Å². The fourth-order valence-corrected chi connectivity index (χ4v) is 2.61. The maximum absolute atomic E-state index is 4.18. The molecule has 3 nitrogen and oxygen atoms in total. The summed E-state index contributed by atoms with van der Waals surface area (Å²) in [6.45, 7) is 4.84. The van der Waals surface area contributed by atoms with Gasteiger partial charge in [-0.25, -0.2) is 0 Å². The van der Waals surface area contributed by atoms with Crippen LogP contribution in [0.4, 0.5) is 5.69 Å². The second kappa shape index (κ2) is 3.49. The summed E-state index contributed by atoms with van der Waals surface area (Å²) < 4.78 is 0. The first-order valence-corrected chi connectivity index (χ1v) is 5.74. The molecule has 0 radical (unpaired) electrons. The van der Waals surface area contributed by atoms with Crippen molar-refractivity contribution >= 4 is 5.69 Å². The van der Waals surface area contributed by atoms with Gasteiger partial charge < -0.3 is 10.2 Å². The molecule has 2 fully saturated rings. The zero-order valence-electron chi connectivity index (χ0n) is 8.95. The van der Waals surface area contributed by atoms with Crippen molar-refractivity contribution in [2.24, 2.45) is 5.41 Å². The van der Waals surface area contributed by atoms with Crippen LogP contribution in [0.1, 0.15) is 12.8 Å². The molecule has 2 saturated heterocycles. The lowest BCUT2D eigenvalue weighted by Crippen LogP contribution is -2.58. The number of piperidine rings is 1. The molecule has 1 aromatic rings. The lowest BCUT2D eigenvalue weighted by atomic mass is 9.73. The zero-order chi connectivity index (χ0) is 10.1. The molecule has 0 atom stereocenters. The lowest BCUT2D eigenvalue weighted by Gasteiger charge is -2.48. The van der Waals surface area contributed by atoms with Gasteiger partial charge in [-0.3, -0.25) is 4.98 Å². The maximum atomic E-state index is 4.18. The molecule has 15 heavy (non-hydrogen) atoms. The predicted molar refractivity (Wildman–Crippen MR) is 61.0 cm³/mol. The Morgan fingerprint density at radius 3 is 2.60 bits per heavy atom. The highest BCUT2D eigenvalue weighted by molar-refractivity contribution is 5.44. The van der Waals surface area contributed by atoms with Crippen LogP contribution >= 0.6 is 0 Å². The van der Waals surface area contributed by atoms with E-state index in [0.717, 1.165) is 0 Å². The fraction of sp³-hybridized carbons (Fsp3) is 0.583. The highest BCUT2D eigenvalue weighted by atomic mass is 15.2. The predicted octanol–water partition coefficient (Wildman–Crippen LogP) is 1.27. The van der Waals surface area contributed by atoms with Gasteiger partial charge in [0.25, 0.3) is 0 Å². The van der Waals surface area contributed by atoms with E-state index >= 15 is 0 Å². The molecule has 0 saturated carbocycles. The Balaban J connectivity index is 1.67. The van der Waals surface area contributed by atoms with Gasteiger partial charge in [0, 0.05) is 32.4 Å². The third-order valence-electron chi connectivity index (χ3n) is 3.84. The van der Waals surface area contributed by atoms with Gasteiger partial charge in [-0.1, -0.05) is 0 Å².